The summed E-state index contributed by atoms with van der Waals surface area (Å²) in [6.45, 7) is -1.43. The summed E-state index contributed by atoms with van der Waals surface area (Å²) in [4.78, 5) is 0. The lowest BCUT2D eigenvalue weighted by molar-refractivity contribution is 0.581. The zero-order valence-corrected chi connectivity index (χ0v) is 6.38. The Morgan fingerprint density at radius 2 is 1.18 bits per heavy atom. The number of hydrogen-bond acceptors (Lipinski definition) is 4. The SMILES string of the molecule is O=S(F)(F)=NCN=S(=O)(F)F. The molecule has 0 saturated carbocycles. The fourth-order valence-corrected chi connectivity index (χ4v) is 0.615. The van der Waals surface area contributed by atoms with Gasteiger partial charge in [-0.3, -0.25) is 0 Å². The molecule has 0 atom stereocenters. The lowest BCUT2D eigenvalue weighted by Crippen LogP contribution is -1.84. The smallest absolute Gasteiger partial charge is 0.180 e. The number of rotatable bonds is 2. The van der Waals surface area contributed by atoms with Crippen LogP contribution in [0.2, 0.25) is 0 Å². The van der Waals surface area contributed by atoms with Crippen LogP contribution in [0.5, 0.6) is 0 Å². The monoisotopic (exact) mass is 214 g/mol. The summed E-state index contributed by atoms with van der Waals surface area (Å²) in [5, 5.41) is 0. The molecule has 11 heavy (non-hydrogen) atoms. The van der Waals surface area contributed by atoms with Crippen LogP contribution in [0.15, 0.2) is 8.73 Å². The largest absolute Gasteiger partial charge is 0.368 e. The van der Waals surface area contributed by atoms with Crippen molar-refractivity contribution in [3.63, 3.8) is 0 Å². The van der Waals surface area contributed by atoms with Crippen LogP contribution in [0.3, 0.4) is 0 Å². The maximum Gasteiger partial charge on any atom is 0.368 e. The lowest BCUT2D eigenvalue weighted by Gasteiger charge is -1.83. The standard InChI is InChI=1S/CH2F4N2O2S2/c2-10(3,8)6-1-7-11(4,5)9/h1H2. The summed E-state index contributed by atoms with van der Waals surface area (Å²) < 4.78 is 67.6. The molecular formula is CH2F4N2O2S2. The Balaban J connectivity index is 4.40. The van der Waals surface area contributed by atoms with Gasteiger partial charge < -0.3 is 0 Å². The van der Waals surface area contributed by atoms with Gasteiger partial charge in [-0.1, -0.05) is 15.5 Å². The Bertz CT molecular complexity index is 297. The van der Waals surface area contributed by atoms with Gasteiger partial charge in [0.1, 0.15) is 0 Å². The minimum atomic E-state index is -5.42. The molecule has 0 amide bonds. The molecule has 0 N–H and O–H groups in total. The first-order chi connectivity index (χ1) is 4.71. The zero-order valence-electron chi connectivity index (χ0n) is 4.75. The van der Waals surface area contributed by atoms with Crippen molar-refractivity contribution in [3.05, 3.63) is 0 Å². The van der Waals surface area contributed by atoms with Crippen LogP contribution >= 0.6 is 0 Å². The van der Waals surface area contributed by atoms with Crippen molar-refractivity contribution in [1.82, 2.24) is 0 Å². The van der Waals surface area contributed by atoms with E-state index in [1.165, 1.54) is 0 Å². The van der Waals surface area contributed by atoms with Gasteiger partial charge >= 0.3 is 21.0 Å². The van der Waals surface area contributed by atoms with Gasteiger partial charge in [0.25, 0.3) is 0 Å². The second kappa shape index (κ2) is 3.34. The topological polar surface area (TPSA) is 58.9 Å². The zero-order chi connectivity index (χ0) is 9.12. The van der Waals surface area contributed by atoms with Gasteiger partial charge in [-0.15, -0.1) is 0 Å². The van der Waals surface area contributed by atoms with Crippen LogP contribution in [0.4, 0.5) is 15.5 Å². The number of hydrogen-bond donors (Lipinski definition) is 0. The third-order valence-electron chi connectivity index (χ3n) is 0.416. The van der Waals surface area contributed by atoms with E-state index >= 15 is 0 Å². The maximum absolute atomic E-state index is 11.3. The molecule has 0 unspecified atom stereocenters. The summed E-state index contributed by atoms with van der Waals surface area (Å²) in [5.74, 6) is 0. The Kier molecular flexibility index (Phi) is 3.23. The third kappa shape index (κ3) is 9.62. The average molecular weight is 214 g/mol. The van der Waals surface area contributed by atoms with E-state index < -0.39 is 27.7 Å². The van der Waals surface area contributed by atoms with E-state index in [1.807, 2.05) is 8.73 Å². The highest BCUT2D eigenvalue weighted by atomic mass is 32.3. The van der Waals surface area contributed by atoms with Crippen molar-refractivity contribution in [2.45, 2.75) is 0 Å². The van der Waals surface area contributed by atoms with Crippen molar-refractivity contribution >= 4 is 21.0 Å². The van der Waals surface area contributed by atoms with Crippen molar-refractivity contribution in [1.29, 1.82) is 0 Å². The molecule has 0 aromatic heterocycles. The molecule has 0 bridgehead atoms. The highest BCUT2D eigenvalue weighted by molar-refractivity contribution is 7.84. The highest BCUT2D eigenvalue weighted by Crippen LogP contribution is 2.02. The highest BCUT2D eigenvalue weighted by Gasteiger charge is 2.01. The van der Waals surface area contributed by atoms with Crippen molar-refractivity contribution in [2.24, 2.45) is 8.73 Å². The minimum Gasteiger partial charge on any atom is -0.180 e. The van der Waals surface area contributed by atoms with Crippen LogP contribution in [0.25, 0.3) is 0 Å². The van der Waals surface area contributed by atoms with Crippen LogP contribution in [-0.2, 0) is 21.0 Å². The predicted molar refractivity (Wildman–Crippen MR) is 30.4 cm³/mol. The second-order valence-corrected chi connectivity index (χ2v) is 3.30. The van der Waals surface area contributed by atoms with Gasteiger partial charge in [0.05, 0.1) is 0 Å². The normalized spacial score (nSPS) is 12.7. The maximum atomic E-state index is 11.3. The van der Waals surface area contributed by atoms with E-state index in [4.69, 9.17) is 0 Å². The van der Waals surface area contributed by atoms with Gasteiger partial charge in [0.15, 0.2) is 6.67 Å². The molecule has 0 aliphatic heterocycles. The van der Waals surface area contributed by atoms with E-state index in [0.29, 0.717) is 0 Å². The third-order valence-corrected chi connectivity index (χ3v) is 1.25. The molecule has 0 rings (SSSR count). The second-order valence-electron chi connectivity index (χ2n) is 1.19. The van der Waals surface area contributed by atoms with Crippen LogP contribution < -0.4 is 0 Å². The van der Waals surface area contributed by atoms with Crippen molar-refractivity contribution in [3.8, 4) is 0 Å². The predicted octanol–water partition coefficient (Wildman–Crippen LogP) is 1.42. The van der Waals surface area contributed by atoms with Crippen LogP contribution in [0.1, 0.15) is 0 Å². The molecule has 4 nitrogen and oxygen atoms in total. The molecule has 0 aromatic rings. The Hall–Kier alpha value is -0.380. The average Bonchev–Trinajstić information content (AvgIpc) is 1.55. The molecule has 10 heteroatoms. The molecule has 0 heterocycles. The molecule has 0 aliphatic rings. The van der Waals surface area contributed by atoms with E-state index in [0.717, 1.165) is 0 Å². The van der Waals surface area contributed by atoms with Gasteiger partial charge in [0, 0.05) is 0 Å². The first kappa shape index (κ1) is 10.6. The lowest BCUT2D eigenvalue weighted by atomic mass is 11.3. The Morgan fingerprint density at radius 3 is 1.36 bits per heavy atom. The molecule has 0 spiro atoms. The molecule has 0 aliphatic carbocycles. The van der Waals surface area contributed by atoms with Crippen molar-refractivity contribution in [2.75, 3.05) is 6.67 Å². The summed E-state index contributed by atoms with van der Waals surface area (Å²) in [7, 11) is -10.8. The fourth-order valence-electron chi connectivity index (χ4n) is 0.158. The van der Waals surface area contributed by atoms with E-state index in [9.17, 15) is 24.0 Å². The summed E-state index contributed by atoms with van der Waals surface area (Å²) in [6.07, 6.45) is 0. The molecule has 0 fully saturated rings. The van der Waals surface area contributed by atoms with Crippen LogP contribution in [0, 0.1) is 0 Å². The first-order valence-electron chi connectivity index (χ1n) is 1.95. The molecular weight excluding hydrogens is 212 g/mol. The fraction of sp³-hybridized carbons (Fsp3) is 1.00. The van der Waals surface area contributed by atoms with E-state index in [2.05, 4.69) is 0 Å². The summed E-state index contributed by atoms with van der Waals surface area (Å²) in [5.41, 5.74) is 0. The number of halogens is 4. The quantitative estimate of drug-likeness (QED) is 0.515. The molecule has 68 valence electrons. The van der Waals surface area contributed by atoms with Crippen LogP contribution in [-0.4, -0.2) is 15.1 Å². The molecule has 0 radical (unpaired) electrons. The van der Waals surface area contributed by atoms with Gasteiger partial charge in [-0.2, -0.15) is 17.1 Å². The van der Waals surface area contributed by atoms with Gasteiger partial charge in [-0.25, -0.2) is 0 Å². The van der Waals surface area contributed by atoms with E-state index in [-0.39, 0.29) is 0 Å². The first-order valence-corrected chi connectivity index (χ1v) is 4.58. The minimum absolute atomic E-state index is 1.43. The van der Waals surface area contributed by atoms with Crippen molar-refractivity contribution < 1.29 is 24.0 Å². The van der Waals surface area contributed by atoms with E-state index in [1.54, 1.807) is 0 Å². The molecule has 0 aromatic carbocycles. The Morgan fingerprint density at radius 1 is 0.909 bits per heavy atom. The number of nitrogens with zero attached hydrogens (tertiary/aromatic N) is 2. The van der Waals surface area contributed by atoms with Gasteiger partial charge in [-0.05, 0) is 0 Å². The summed E-state index contributed by atoms with van der Waals surface area (Å²) >= 11 is 0. The molecule has 0 saturated heterocycles. The Labute approximate surface area is 61.1 Å². The summed E-state index contributed by atoms with van der Waals surface area (Å²) in [6, 6.07) is 0. The van der Waals surface area contributed by atoms with Gasteiger partial charge in [0.2, 0.25) is 0 Å².